The SMILES string of the molecule is COC(=O)[C@H](NC(=O)Nc1ccc(C(C)(C)C)cc1)C(C)C. The van der Waals surface area contributed by atoms with E-state index in [-0.39, 0.29) is 11.3 Å². The van der Waals surface area contributed by atoms with E-state index in [4.69, 9.17) is 4.74 Å². The number of carbonyl (C=O) groups excluding carboxylic acids is 2. The molecule has 0 saturated carbocycles. The van der Waals surface area contributed by atoms with Gasteiger partial charge in [-0.3, -0.25) is 0 Å². The van der Waals surface area contributed by atoms with E-state index in [1.54, 1.807) is 0 Å². The zero-order valence-corrected chi connectivity index (χ0v) is 14.2. The molecule has 0 bridgehead atoms. The third kappa shape index (κ3) is 5.06. The summed E-state index contributed by atoms with van der Waals surface area (Å²) in [6, 6.07) is 6.57. The molecule has 0 fully saturated rings. The fraction of sp³-hybridized carbons (Fsp3) is 0.529. The van der Waals surface area contributed by atoms with Crippen LogP contribution in [0, 0.1) is 5.92 Å². The first-order chi connectivity index (χ1) is 10.1. The predicted molar refractivity (Wildman–Crippen MR) is 87.9 cm³/mol. The third-order valence-corrected chi connectivity index (χ3v) is 3.42. The lowest BCUT2D eigenvalue weighted by Gasteiger charge is -2.21. The maximum absolute atomic E-state index is 12.0. The van der Waals surface area contributed by atoms with Crippen molar-refractivity contribution in [3.8, 4) is 0 Å². The number of hydrogen-bond donors (Lipinski definition) is 2. The Labute approximate surface area is 132 Å². The largest absolute Gasteiger partial charge is 0.467 e. The minimum atomic E-state index is -0.668. The highest BCUT2D eigenvalue weighted by atomic mass is 16.5. The molecule has 0 aromatic heterocycles. The Morgan fingerprint density at radius 1 is 1.09 bits per heavy atom. The molecule has 0 heterocycles. The fourth-order valence-corrected chi connectivity index (χ4v) is 1.99. The van der Waals surface area contributed by atoms with Crippen LogP contribution >= 0.6 is 0 Å². The molecule has 1 atom stereocenters. The number of anilines is 1. The van der Waals surface area contributed by atoms with Crippen LogP contribution in [0.2, 0.25) is 0 Å². The van der Waals surface area contributed by atoms with E-state index in [2.05, 4.69) is 31.4 Å². The number of rotatable bonds is 4. The summed E-state index contributed by atoms with van der Waals surface area (Å²) in [4.78, 5) is 23.6. The van der Waals surface area contributed by atoms with Gasteiger partial charge in [-0.25, -0.2) is 9.59 Å². The molecule has 5 heteroatoms. The van der Waals surface area contributed by atoms with Crippen molar-refractivity contribution in [3.63, 3.8) is 0 Å². The number of amides is 2. The predicted octanol–water partition coefficient (Wildman–Crippen LogP) is 3.30. The van der Waals surface area contributed by atoms with Crippen LogP contribution in [0.25, 0.3) is 0 Å². The van der Waals surface area contributed by atoms with Crippen LogP contribution in [0.4, 0.5) is 10.5 Å². The second-order valence-electron chi connectivity index (χ2n) is 6.67. The number of nitrogens with one attached hydrogen (secondary N) is 2. The number of hydrogen-bond acceptors (Lipinski definition) is 3. The number of urea groups is 1. The van der Waals surface area contributed by atoms with Crippen molar-refractivity contribution in [1.29, 1.82) is 0 Å². The van der Waals surface area contributed by atoms with E-state index in [1.807, 2.05) is 38.1 Å². The molecule has 2 amide bonds. The van der Waals surface area contributed by atoms with Gasteiger partial charge in [0.05, 0.1) is 7.11 Å². The Hall–Kier alpha value is -2.04. The summed E-state index contributed by atoms with van der Waals surface area (Å²) >= 11 is 0. The van der Waals surface area contributed by atoms with Crippen LogP contribution in [0.1, 0.15) is 40.2 Å². The lowest BCUT2D eigenvalue weighted by molar-refractivity contribution is -0.143. The molecule has 0 aliphatic heterocycles. The average molecular weight is 306 g/mol. The van der Waals surface area contributed by atoms with Crippen molar-refractivity contribution in [2.24, 2.45) is 5.92 Å². The zero-order valence-electron chi connectivity index (χ0n) is 14.2. The summed E-state index contributed by atoms with van der Waals surface area (Å²) in [5.41, 5.74) is 1.93. The molecule has 22 heavy (non-hydrogen) atoms. The van der Waals surface area contributed by atoms with Crippen molar-refractivity contribution in [2.45, 2.75) is 46.1 Å². The van der Waals surface area contributed by atoms with E-state index in [0.29, 0.717) is 5.69 Å². The van der Waals surface area contributed by atoms with Gasteiger partial charge >= 0.3 is 12.0 Å². The van der Waals surface area contributed by atoms with E-state index in [9.17, 15) is 9.59 Å². The molecule has 0 aliphatic carbocycles. The summed E-state index contributed by atoms with van der Waals surface area (Å²) in [5, 5.41) is 5.36. The highest BCUT2D eigenvalue weighted by molar-refractivity contribution is 5.92. The summed E-state index contributed by atoms with van der Waals surface area (Å²) in [6.07, 6.45) is 0. The Morgan fingerprint density at radius 2 is 1.64 bits per heavy atom. The van der Waals surface area contributed by atoms with Gasteiger partial charge in [0.1, 0.15) is 6.04 Å². The van der Waals surface area contributed by atoms with Crippen LogP contribution in [-0.2, 0) is 14.9 Å². The van der Waals surface area contributed by atoms with Gasteiger partial charge in [-0.15, -0.1) is 0 Å². The normalized spacial score (nSPS) is 12.7. The molecule has 0 spiro atoms. The minimum Gasteiger partial charge on any atom is -0.467 e. The van der Waals surface area contributed by atoms with Gasteiger partial charge in [-0.1, -0.05) is 46.8 Å². The van der Waals surface area contributed by atoms with E-state index < -0.39 is 18.0 Å². The average Bonchev–Trinajstić information content (AvgIpc) is 2.43. The highest BCUT2D eigenvalue weighted by Gasteiger charge is 2.24. The van der Waals surface area contributed by atoms with Gasteiger partial charge in [0.15, 0.2) is 0 Å². The summed E-state index contributed by atoms with van der Waals surface area (Å²) in [5.74, 6) is -0.505. The Bertz CT molecular complexity index is 516. The standard InChI is InChI=1S/C17H26N2O3/c1-11(2)14(15(20)22-6)19-16(21)18-13-9-7-12(8-10-13)17(3,4)5/h7-11,14H,1-6H3,(H2,18,19,21)/t14-/m1/s1. The second kappa shape index (κ2) is 7.29. The summed E-state index contributed by atoms with van der Waals surface area (Å²) in [6.45, 7) is 10.1. The van der Waals surface area contributed by atoms with E-state index >= 15 is 0 Å². The first-order valence-electron chi connectivity index (χ1n) is 7.41. The Balaban J connectivity index is 2.70. The number of benzene rings is 1. The maximum atomic E-state index is 12.0. The van der Waals surface area contributed by atoms with Gasteiger partial charge in [0.25, 0.3) is 0 Å². The number of ether oxygens (including phenoxy) is 1. The van der Waals surface area contributed by atoms with Crippen molar-refractivity contribution in [1.82, 2.24) is 5.32 Å². The van der Waals surface area contributed by atoms with Gasteiger partial charge in [-0.2, -0.15) is 0 Å². The van der Waals surface area contributed by atoms with Crippen molar-refractivity contribution in [3.05, 3.63) is 29.8 Å². The maximum Gasteiger partial charge on any atom is 0.328 e. The molecule has 2 N–H and O–H groups in total. The van der Waals surface area contributed by atoms with Crippen LogP contribution in [0.3, 0.4) is 0 Å². The molecule has 5 nitrogen and oxygen atoms in total. The van der Waals surface area contributed by atoms with Crippen molar-refractivity contribution < 1.29 is 14.3 Å². The molecular weight excluding hydrogens is 280 g/mol. The smallest absolute Gasteiger partial charge is 0.328 e. The van der Waals surface area contributed by atoms with Gasteiger partial charge in [0.2, 0.25) is 0 Å². The molecule has 1 rings (SSSR count). The molecule has 1 aromatic rings. The molecule has 0 radical (unpaired) electrons. The minimum absolute atomic E-state index is 0.0542. The second-order valence-corrected chi connectivity index (χ2v) is 6.67. The topological polar surface area (TPSA) is 67.4 Å². The third-order valence-electron chi connectivity index (χ3n) is 3.42. The number of esters is 1. The van der Waals surface area contributed by atoms with Crippen molar-refractivity contribution in [2.75, 3.05) is 12.4 Å². The van der Waals surface area contributed by atoms with Crippen LogP contribution in [0.5, 0.6) is 0 Å². The Morgan fingerprint density at radius 3 is 2.05 bits per heavy atom. The molecule has 0 aliphatic rings. The van der Waals surface area contributed by atoms with E-state index in [1.165, 1.54) is 12.7 Å². The highest BCUT2D eigenvalue weighted by Crippen LogP contribution is 2.23. The number of methoxy groups -OCH3 is 1. The Kier molecular flexibility index (Phi) is 5.97. The summed E-state index contributed by atoms with van der Waals surface area (Å²) in [7, 11) is 1.31. The molecule has 122 valence electrons. The summed E-state index contributed by atoms with van der Waals surface area (Å²) < 4.78 is 4.70. The van der Waals surface area contributed by atoms with Gasteiger partial charge in [0, 0.05) is 5.69 Å². The number of carbonyl (C=O) groups is 2. The first kappa shape index (κ1) is 18.0. The lowest BCUT2D eigenvalue weighted by Crippen LogP contribution is -2.46. The molecule has 0 saturated heterocycles. The quantitative estimate of drug-likeness (QED) is 0.839. The van der Waals surface area contributed by atoms with Crippen LogP contribution in [-0.4, -0.2) is 25.2 Å². The zero-order chi connectivity index (χ0) is 16.9. The van der Waals surface area contributed by atoms with Crippen LogP contribution in [0.15, 0.2) is 24.3 Å². The fourth-order valence-electron chi connectivity index (χ4n) is 1.99. The molecule has 1 aromatic carbocycles. The van der Waals surface area contributed by atoms with E-state index in [0.717, 1.165) is 0 Å². The van der Waals surface area contributed by atoms with Crippen LogP contribution < -0.4 is 10.6 Å². The van der Waals surface area contributed by atoms with Crippen molar-refractivity contribution >= 4 is 17.7 Å². The molecular formula is C17H26N2O3. The lowest BCUT2D eigenvalue weighted by atomic mass is 9.87. The van der Waals surface area contributed by atoms with Gasteiger partial charge in [-0.05, 0) is 29.0 Å². The molecule has 0 unspecified atom stereocenters. The monoisotopic (exact) mass is 306 g/mol. The van der Waals surface area contributed by atoms with Gasteiger partial charge < -0.3 is 15.4 Å². The first-order valence-corrected chi connectivity index (χ1v) is 7.41.